The lowest BCUT2D eigenvalue weighted by atomic mass is 10.2. The molecule has 3 aromatic rings. The van der Waals surface area contributed by atoms with Crippen molar-refractivity contribution in [3.63, 3.8) is 0 Å². The van der Waals surface area contributed by atoms with E-state index in [0.717, 1.165) is 5.69 Å². The molecule has 1 aromatic carbocycles. The van der Waals surface area contributed by atoms with Crippen LogP contribution in [0.1, 0.15) is 21.7 Å². The van der Waals surface area contributed by atoms with E-state index in [9.17, 15) is 14.4 Å². The number of nitrogens with one attached hydrogen (secondary N) is 2. The Labute approximate surface area is 162 Å². The predicted octanol–water partition coefficient (Wildman–Crippen LogP) is 2.12. The molecule has 7 heteroatoms. The molecule has 2 N–H and O–H groups in total. The predicted molar refractivity (Wildman–Crippen MR) is 106 cm³/mol. The molecule has 2 amide bonds. The maximum Gasteiger partial charge on any atom is 0.274 e. The summed E-state index contributed by atoms with van der Waals surface area (Å²) in [6.45, 7) is 1.86. The maximum absolute atomic E-state index is 12.7. The van der Waals surface area contributed by atoms with Crippen molar-refractivity contribution in [2.24, 2.45) is 0 Å². The number of pyridine rings is 2. The topological polar surface area (TPSA) is 93.1 Å². The molecule has 7 nitrogen and oxygen atoms in total. The van der Waals surface area contributed by atoms with Crippen LogP contribution in [0.5, 0.6) is 0 Å². The first kappa shape index (κ1) is 19.0. The van der Waals surface area contributed by atoms with Crippen LogP contribution in [0.2, 0.25) is 0 Å². The molecule has 142 valence electrons. The Morgan fingerprint density at radius 1 is 1.00 bits per heavy atom. The largest absolute Gasteiger partial charge is 0.349 e. The molecule has 0 unspecified atom stereocenters. The van der Waals surface area contributed by atoms with E-state index in [1.165, 1.54) is 4.57 Å². The van der Waals surface area contributed by atoms with Gasteiger partial charge in [0.15, 0.2) is 0 Å². The summed E-state index contributed by atoms with van der Waals surface area (Å²) in [7, 11) is 0. The van der Waals surface area contributed by atoms with Gasteiger partial charge in [-0.25, -0.2) is 0 Å². The highest BCUT2D eigenvalue weighted by Crippen LogP contribution is 2.07. The van der Waals surface area contributed by atoms with E-state index in [2.05, 4.69) is 15.6 Å². The van der Waals surface area contributed by atoms with Crippen LogP contribution in [0.4, 0.5) is 5.69 Å². The van der Waals surface area contributed by atoms with Crippen LogP contribution in [0.25, 0.3) is 0 Å². The zero-order chi connectivity index (χ0) is 19.9. The monoisotopic (exact) mass is 376 g/mol. The van der Waals surface area contributed by atoms with E-state index >= 15 is 0 Å². The van der Waals surface area contributed by atoms with Gasteiger partial charge in [-0.15, -0.1) is 0 Å². The van der Waals surface area contributed by atoms with Crippen LogP contribution >= 0.6 is 0 Å². The van der Waals surface area contributed by atoms with Crippen molar-refractivity contribution in [2.75, 3.05) is 5.32 Å². The molecule has 0 aliphatic carbocycles. The Balaban J connectivity index is 1.71. The summed E-state index contributed by atoms with van der Waals surface area (Å²) in [6, 6.07) is 17.3. The summed E-state index contributed by atoms with van der Waals surface area (Å²) < 4.78 is 1.33. The van der Waals surface area contributed by atoms with Gasteiger partial charge in [-0.2, -0.15) is 0 Å². The second kappa shape index (κ2) is 8.77. The lowest BCUT2D eigenvalue weighted by Crippen LogP contribution is -2.34. The third kappa shape index (κ3) is 4.70. The quantitative estimate of drug-likeness (QED) is 0.689. The third-order valence-corrected chi connectivity index (χ3v) is 4.17. The lowest BCUT2D eigenvalue weighted by Gasteiger charge is -2.13. The summed E-state index contributed by atoms with van der Waals surface area (Å²) in [5.74, 6) is -0.699. The first-order valence-electron chi connectivity index (χ1n) is 8.78. The molecule has 0 saturated heterocycles. The van der Waals surface area contributed by atoms with Crippen molar-refractivity contribution in [3.05, 3.63) is 94.2 Å². The van der Waals surface area contributed by atoms with Crippen LogP contribution in [0.15, 0.2) is 71.7 Å². The first-order chi connectivity index (χ1) is 13.5. The molecule has 2 heterocycles. The highest BCUT2D eigenvalue weighted by atomic mass is 16.2. The number of anilines is 1. The van der Waals surface area contributed by atoms with Crippen LogP contribution in [0, 0.1) is 6.92 Å². The number of rotatable bonds is 6. The maximum atomic E-state index is 12.7. The molecule has 0 fully saturated rings. The normalized spacial score (nSPS) is 10.3. The second-order valence-electron chi connectivity index (χ2n) is 6.20. The zero-order valence-electron chi connectivity index (χ0n) is 15.4. The van der Waals surface area contributed by atoms with Gasteiger partial charge in [0, 0.05) is 17.5 Å². The summed E-state index contributed by atoms with van der Waals surface area (Å²) >= 11 is 0. The number of carbonyl (C=O) groups excluding carboxylic acids is 2. The number of benzene rings is 1. The molecular formula is C21H20N4O3. The number of aryl methyl sites for hydroxylation is 1. The van der Waals surface area contributed by atoms with E-state index in [1.54, 1.807) is 67.7 Å². The molecule has 0 atom stereocenters. The van der Waals surface area contributed by atoms with E-state index in [-0.39, 0.29) is 30.6 Å². The summed E-state index contributed by atoms with van der Waals surface area (Å²) in [5.41, 5.74) is 1.48. The molecule has 0 bridgehead atoms. The number of nitrogens with zero attached hydrogens (tertiary/aromatic N) is 2. The number of hydrogen-bond donors (Lipinski definition) is 2. The first-order valence-corrected chi connectivity index (χ1v) is 8.78. The van der Waals surface area contributed by atoms with E-state index in [4.69, 9.17) is 0 Å². The smallest absolute Gasteiger partial charge is 0.274 e. The van der Waals surface area contributed by atoms with Crippen molar-refractivity contribution in [1.29, 1.82) is 0 Å². The Morgan fingerprint density at radius 3 is 2.46 bits per heavy atom. The van der Waals surface area contributed by atoms with E-state index in [0.29, 0.717) is 11.3 Å². The zero-order valence-corrected chi connectivity index (χ0v) is 15.4. The fourth-order valence-electron chi connectivity index (χ4n) is 2.64. The average Bonchev–Trinajstić information content (AvgIpc) is 2.73. The molecule has 0 aliphatic rings. The van der Waals surface area contributed by atoms with Gasteiger partial charge in [-0.05, 0) is 43.3 Å². The van der Waals surface area contributed by atoms with Crippen LogP contribution in [-0.2, 0) is 17.9 Å². The average molecular weight is 376 g/mol. The van der Waals surface area contributed by atoms with Crippen molar-refractivity contribution < 1.29 is 9.59 Å². The fraction of sp³-hybridized carbons (Fsp3) is 0.143. The van der Waals surface area contributed by atoms with Gasteiger partial charge in [0.2, 0.25) is 5.91 Å². The number of amides is 2. The van der Waals surface area contributed by atoms with Gasteiger partial charge < -0.3 is 15.2 Å². The van der Waals surface area contributed by atoms with Gasteiger partial charge in [0.05, 0.1) is 12.2 Å². The van der Waals surface area contributed by atoms with Gasteiger partial charge in [0.25, 0.3) is 11.5 Å². The standard InChI is InChI=1S/C21H20N4O3/c1-15-10-11-18(24-20(27)16-7-3-2-4-8-16)21(28)25(15)14-19(26)23-13-17-9-5-6-12-22-17/h2-12H,13-14H2,1H3,(H,23,26)(H,24,27). The minimum absolute atomic E-state index is 0.122. The van der Waals surface area contributed by atoms with Crippen LogP contribution in [0.3, 0.4) is 0 Å². The molecular weight excluding hydrogens is 356 g/mol. The molecule has 0 saturated carbocycles. The molecule has 0 radical (unpaired) electrons. The number of carbonyl (C=O) groups is 2. The highest BCUT2D eigenvalue weighted by Gasteiger charge is 2.13. The minimum Gasteiger partial charge on any atom is -0.349 e. The third-order valence-electron chi connectivity index (χ3n) is 4.17. The fourth-order valence-corrected chi connectivity index (χ4v) is 2.64. The Kier molecular flexibility index (Phi) is 5.96. The van der Waals surface area contributed by atoms with E-state index in [1.807, 2.05) is 6.07 Å². The second-order valence-corrected chi connectivity index (χ2v) is 6.20. The summed E-state index contributed by atoms with van der Waals surface area (Å²) in [5, 5.41) is 5.35. The molecule has 0 aliphatic heterocycles. The Morgan fingerprint density at radius 2 is 1.75 bits per heavy atom. The molecule has 2 aromatic heterocycles. The Bertz CT molecular complexity index is 1030. The molecule has 3 rings (SSSR count). The minimum atomic E-state index is -0.433. The van der Waals surface area contributed by atoms with Gasteiger partial charge in [0.1, 0.15) is 12.2 Å². The Hall–Kier alpha value is -3.74. The number of hydrogen-bond acceptors (Lipinski definition) is 4. The summed E-state index contributed by atoms with van der Waals surface area (Å²) in [6.07, 6.45) is 1.65. The van der Waals surface area contributed by atoms with Crippen LogP contribution < -0.4 is 16.2 Å². The van der Waals surface area contributed by atoms with Gasteiger partial charge in [-0.1, -0.05) is 24.3 Å². The summed E-state index contributed by atoms with van der Waals surface area (Å²) in [4.78, 5) is 41.4. The van der Waals surface area contributed by atoms with Crippen molar-refractivity contribution >= 4 is 17.5 Å². The molecule has 0 spiro atoms. The van der Waals surface area contributed by atoms with E-state index < -0.39 is 5.56 Å². The van der Waals surface area contributed by atoms with Crippen LogP contribution in [-0.4, -0.2) is 21.4 Å². The lowest BCUT2D eigenvalue weighted by molar-refractivity contribution is -0.121. The molecule has 28 heavy (non-hydrogen) atoms. The van der Waals surface area contributed by atoms with Gasteiger partial charge in [-0.3, -0.25) is 19.4 Å². The van der Waals surface area contributed by atoms with Gasteiger partial charge >= 0.3 is 0 Å². The van der Waals surface area contributed by atoms with Crippen molar-refractivity contribution in [1.82, 2.24) is 14.9 Å². The number of aromatic nitrogens is 2. The SMILES string of the molecule is Cc1ccc(NC(=O)c2ccccc2)c(=O)n1CC(=O)NCc1ccccn1. The highest BCUT2D eigenvalue weighted by molar-refractivity contribution is 6.04. The van der Waals surface area contributed by atoms with Crippen molar-refractivity contribution in [3.8, 4) is 0 Å². The van der Waals surface area contributed by atoms with Crippen molar-refractivity contribution in [2.45, 2.75) is 20.0 Å².